The van der Waals surface area contributed by atoms with E-state index < -0.39 is 0 Å². The van der Waals surface area contributed by atoms with E-state index in [4.69, 9.17) is 10.5 Å². The summed E-state index contributed by atoms with van der Waals surface area (Å²) in [4.78, 5) is 23.9. The van der Waals surface area contributed by atoms with Crippen LogP contribution in [0, 0.1) is 0 Å². The number of nitrogens with one attached hydrogen (secondary N) is 2. The van der Waals surface area contributed by atoms with Crippen molar-refractivity contribution in [2.45, 2.75) is 45.2 Å². The fraction of sp³-hybridized carbons (Fsp3) is 0.280. The Kier molecular flexibility index (Phi) is 5.75. The number of fused-ring (bicyclic) bond motifs is 1. The second-order valence-electron chi connectivity index (χ2n) is 8.75. The van der Waals surface area contributed by atoms with Crippen molar-refractivity contribution in [3.8, 4) is 23.0 Å². The van der Waals surface area contributed by atoms with Gasteiger partial charge in [0.1, 0.15) is 18.4 Å². The molecule has 0 saturated heterocycles. The molecule has 34 heavy (non-hydrogen) atoms. The number of carbonyl (C=O) groups is 1. The lowest BCUT2D eigenvalue weighted by Gasteiger charge is -2.30. The number of nitrogen functional groups attached to an aromatic ring is 1. The largest absolute Gasteiger partial charge is 0.424 e. The molecule has 1 aliphatic carbocycles. The molecule has 0 spiro atoms. The topological polar surface area (TPSA) is 120 Å². The summed E-state index contributed by atoms with van der Waals surface area (Å²) in [6.07, 6.45) is 6.20. The van der Waals surface area contributed by atoms with Gasteiger partial charge < -0.3 is 25.7 Å². The Bertz CT molecular complexity index is 1310. The van der Waals surface area contributed by atoms with E-state index in [9.17, 15) is 4.79 Å². The summed E-state index contributed by atoms with van der Waals surface area (Å²) in [5.41, 5.74) is 11.1. The van der Waals surface area contributed by atoms with Gasteiger partial charge in [-0.1, -0.05) is 12.1 Å². The standard InChI is InChI=1S/C25H27N7O2/c1-15(2)30-24(33)31-17-8-6-16(7-9-17)23-22(26)20-11-10-19(34-25-28-13-27-14-29-25)12-21(20)32(23)18-4-3-5-18/h6-15,18H,3-5,26H2,1-2H3,(H2,30,31,33). The number of benzene rings is 2. The molecular formula is C25H27N7O2. The monoisotopic (exact) mass is 457 g/mol. The second kappa shape index (κ2) is 9.01. The number of hydrogen-bond acceptors (Lipinski definition) is 6. The predicted molar refractivity (Wildman–Crippen MR) is 132 cm³/mol. The zero-order valence-corrected chi connectivity index (χ0v) is 19.2. The molecule has 0 aliphatic heterocycles. The summed E-state index contributed by atoms with van der Waals surface area (Å²) in [7, 11) is 0. The molecule has 0 bridgehead atoms. The molecule has 0 unspecified atom stereocenters. The fourth-order valence-corrected chi connectivity index (χ4v) is 4.23. The van der Waals surface area contributed by atoms with Gasteiger partial charge in [0.05, 0.1) is 16.9 Å². The van der Waals surface area contributed by atoms with E-state index in [1.807, 2.05) is 56.3 Å². The van der Waals surface area contributed by atoms with E-state index in [-0.39, 0.29) is 18.1 Å². The highest BCUT2D eigenvalue weighted by Gasteiger charge is 2.27. The van der Waals surface area contributed by atoms with Gasteiger partial charge in [0, 0.05) is 34.8 Å². The Labute approximate surface area is 197 Å². The summed E-state index contributed by atoms with van der Waals surface area (Å²) >= 11 is 0. The maximum Gasteiger partial charge on any atom is 0.324 e. The van der Waals surface area contributed by atoms with Gasteiger partial charge in [-0.05, 0) is 57.4 Å². The maximum atomic E-state index is 12.0. The van der Waals surface area contributed by atoms with E-state index >= 15 is 0 Å². The molecule has 9 heteroatoms. The quantitative estimate of drug-likeness (QED) is 0.369. The van der Waals surface area contributed by atoms with Crippen LogP contribution in [-0.2, 0) is 0 Å². The lowest BCUT2D eigenvalue weighted by molar-refractivity contribution is 0.250. The van der Waals surface area contributed by atoms with Crippen molar-refractivity contribution in [2.24, 2.45) is 0 Å². The van der Waals surface area contributed by atoms with Crippen LogP contribution in [0.25, 0.3) is 22.2 Å². The minimum Gasteiger partial charge on any atom is -0.424 e. The molecule has 4 N–H and O–H groups in total. The van der Waals surface area contributed by atoms with Gasteiger partial charge >= 0.3 is 12.0 Å². The minimum absolute atomic E-state index is 0.0660. The summed E-state index contributed by atoms with van der Waals surface area (Å²) in [6, 6.07) is 14.1. The molecule has 2 aromatic carbocycles. The van der Waals surface area contributed by atoms with Gasteiger partial charge in [-0.2, -0.15) is 9.97 Å². The highest BCUT2D eigenvalue weighted by atomic mass is 16.5. The molecule has 1 fully saturated rings. The number of amides is 2. The molecule has 2 aromatic heterocycles. The number of hydrogen-bond donors (Lipinski definition) is 3. The van der Waals surface area contributed by atoms with Crippen molar-refractivity contribution in [1.29, 1.82) is 0 Å². The first-order valence-corrected chi connectivity index (χ1v) is 11.4. The summed E-state index contributed by atoms with van der Waals surface area (Å²) < 4.78 is 8.17. The van der Waals surface area contributed by atoms with Gasteiger partial charge in [0.25, 0.3) is 0 Å². The molecule has 4 aromatic rings. The van der Waals surface area contributed by atoms with Gasteiger partial charge in [-0.25, -0.2) is 9.78 Å². The molecule has 9 nitrogen and oxygen atoms in total. The molecule has 0 radical (unpaired) electrons. The molecule has 174 valence electrons. The van der Waals surface area contributed by atoms with Crippen molar-refractivity contribution >= 4 is 28.3 Å². The van der Waals surface area contributed by atoms with E-state index in [2.05, 4.69) is 30.2 Å². The number of aromatic nitrogens is 4. The van der Waals surface area contributed by atoms with Crippen molar-refractivity contribution in [3.63, 3.8) is 0 Å². The Morgan fingerprint density at radius 3 is 2.50 bits per heavy atom. The van der Waals surface area contributed by atoms with Crippen LogP contribution in [0.15, 0.2) is 55.1 Å². The molecule has 2 heterocycles. The third-order valence-corrected chi connectivity index (χ3v) is 5.97. The first-order chi connectivity index (χ1) is 16.5. The number of rotatable bonds is 6. The highest BCUT2D eigenvalue weighted by Crippen LogP contribution is 2.45. The van der Waals surface area contributed by atoms with E-state index in [1.54, 1.807) is 0 Å². The molecule has 5 rings (SSSR count). The number of nitrogens with two attached hydrogens (primary N) is 1. The van der Waals surface area contributed by atoms with Crippen LogP contribution >= 0.6 is 0 Å². The number of carbonyl (C=O) groups excluding carboxylic acids is 1. The van der Waals surface area contributed by atoms with Gasteiger partial charge in [-0.3, -0.25) is 0 Å². The summed E-state index contributed by atoms with van der Waals surface area (Å²) in [5, 5.41) is 6.67. The van der Waals surface area contributed by atoms with E-state index in [0.717, 1.165) is 46.4 Å². The minimum atomic E-state index is -0.225. The number of ether oxygens (including phenoxy) is 1. The van der Waals surface area contributed by atoms with Crippen LogP contribution in [0.1, 0.15) is 39.2 Å². The average molecular weight is 458 g/mol. The number of nitrogens with zero attached hydrogens (tertiary/aromatic N) is 4. The number of anilines is 2. The molecule has 1 aliphatic rings. The van der Waals surface area contributed by atoms with Crippen LogP contribution in [-0.4, -0.2) is 31.6 Å². The highest BCUT2D eigenvalue weighted by molar-refractivity contribution is 6.02. The first-order valence-electron chi connectivity index (χ1n) is 11.4. The molecular weight excluding hydrogens is 430 g/mol. The summed E-state index contributed by atoms with van der Waals surface area (Å²) in [5.74, 6) is 0.638. The van der Waals surface area contributed by atoms with Gasteiger partial charge in [0.15, 0.2) is 0 Å². The Morgan fingerprint density at radius 2 is 1.85 bits per heavy atom. The fourth-order valence-electron chi connectivity index (χ4n) is 4.23. The third-order valence-electron chi connectivity index (χ3n) is 5.97. The Hall–Kier alpha value is -4.14. The van der Waals surface area contributed by atoms with Crippen molar-refractivity contribution < 1.29 is 9.53 Å². The van der Waals surface area contributed by atoms with Crippen LogP contribution in [0.5, 0.6) is 11.8 Å². The maximum absolute atomic E-state index is 12.0. The average Bonchev–Trinajstić information content (AvgIpc) is 3.05. The van der Waals surface area contributed by atoms with Crippen LogP contribution in [0.4, 0.5) is 16.2 Å². The third kappa shape index (κ3) is 4.24. The zero-order valence-electron chi connectivity index (χ0n) is 19.2. The van der Waals surface area contributed by atoms with Crippen LogP contribution in [0.3, 0.4) is 0 Å². The zero-order chi connectivity index (χ0) is 23.7. The lowest BCUT2D eigenvalue weighted by Crippen LogP contribution is -2.34. The lowest BCUT2D eigenvalue weighted by atomic mass is 9.92. The Morgan fingerprint density at radius 1 is 1.12 bits per heavy atom. The van der Waals surface area contributed by atoms with Crippen molar-refractivity contribution in [3.05, 3.63) is 55.1 Å². The van der Waals surface area contributed by atoms with Crippen molar-refractivity contribution in [2.75, 3.05) is 11.1 Å². The van der Waals surface area contributed by atoms with Crippen molar-refractivity contribution in [1.82, 2.24) is 24.8 Å². The predicted octanol–water partition coefficient (Wildman–Crippen LogP) is 5.12. The Balaban J connectivity index is 1.51. The smallest absolute Gasteiger partial charge is 0.324 e. The second-order valence-corrected chi connectivity index (χ2v) is 8.75. The SMILES string of the molecule is CC(C)NC(=O)Nc1ccc(-c2c(N)c3ccc(Oc4ncncn4)cc3n2C2CCC2)cc1. The van der Waals surface area contributed by atoms with Gasteiger partial charge in [-0.15, -0.1) is 0 Å². The normalized spacial score (nSPS) is 13.6. The molecule has 1 saturated carbocycles. The first kappa shape index (κ1) is 21.7. The van der Waals surface area contributed by atoms with Crippen LogP contribution in [0.2, 0.25) is 0 Å². The molecule has 2 amide bonds. The van der Waals surface area contributed by atoms with Crippen LogP contribution < -0.4 is 21.1 Å². The van der Waals surface area contributed by atoms with E-state index in [0.29, 0.717) is 11.8 Å². The number of urea groups is 1. The molecule has 0 atom stereocenters. The van der Waals surface area contributed by atoms with Gasteiger partial charge in [0.2, 0.25) is 0 Å². The van der Waals surface area contributed by atoms with E-state index in [1.165, 1.54) is 19.1 Å². The summed E-state index contributed by atoms with van der Waals surface area (Å²) in [6.45, 7) is 3.84.